The third-order valence-electron chi connectivity index (χ3n) is 4.31. The highest BCUT2D eigenvalue weighted by atomic mass is 35.5. The monoisotopic (exact) mass is 351 g/mol. The van der Waals surface area contributed by atoms with Crippen LogP contribution in [0.15, 0.2) is 22.9 Å². The van der Waals surface area contributed by atoms with Gasteiger partial charge in [0, 0.05) is 37.9 Å². The number of aromatic nitrogens is 3. The van der Waals surface area contributed by atoms with Gasteiger partial charge in [-0.3, -0.25) is 4.79 Å². The Kier molecular flexibility index (Phi) is 3.64. The van der Waals surface area contributed by atoms with E-state index in [-0.39, 0.29) is 5.91 Å². The summed E-state index contributed by atoms with van der Waals surface area (Å²) < 4.78 is 19.1. The maximum absolute atomic E-state index is 13.9. The molecule has 126 valence electrons. The van der Waals surface area contributed by atoms with Crippen molar-refractivity contribution in [3.8, 4) is 11.5 Å². The number of carbonyl (C=O) groups is 1. The zero-order valence-corrected chi connectivity index (χ0v) is 13.5. The first-order chi connectivity index (χ1) is 11.5. The molecule has 0 atom stereocenters. The summed E-state index contributed by atoms with van der Waals surface area (Å²) in [6, 6.07) is 3.38. The van der Waals surface area contributed by atoms with Crippen molar-refractivity contribution in [1.29, 1.82) is 0 Å². The Hall–Kier alpha value is -2.22. The molecule has 1 amide bonds. The minimum atomic E-state index is -1.61. The Morgan fingerprint density at radius 1 is 1.29 bits per heavy atom. The Morgan fingerprint density at radius 3 is 2.71 bits per heavy atom. The van der Waals surface area contributed by atoms with Crippen LogP contribution in [0.3, 0.4) is 0 Å². The van der Waals surface area contributed by atoms with Gasteiger partial charge in [0.15, 0.2) is 5.67 Å². The summed E-state index contributed by atoms with van der Waals surface area (Å²) in [5.74, 6) is 0.419. The molecule has 9 heteroatoms. The van der Waals surface area contributed by atoms with Crippen molar-refractivity contribution in [3.05, 3.63) is 23.5 Å². The Balaban J connectivity index is 1.42. The Bertz CT molecular complexity index is 771. The first-order valence-electron chi connectivity index (χ1n) is 7.74. The van der Waals surface area contributed by atoms with E-state index in [9.17, 15) is 9.18 Å². The predicted molar refractivity (Wildman–Crippen MR) is 84.4 cm³/mol. The molecule has 4 rings (SSSR count). The number of nitrogens with zero attached hydrogens (tertiary/aromatic N) is 5. The minimum absolute atomic E-state index is 0.342. The summed E-state index contributed by atoms with van der Waals surface area (Å²) in [5.41, 5.74) is -0.919. The molecule has 0 N–H and O–H groups in total. The summed E-state index contributed by atoms with van der Waals surface area (Å²) in [7, 11) is 0. The maximum atomic E-state index is 13.9. The average molecular weight is 352 g/mol. The number of rotatable bonds is 3. The second-order valence-electron chi connectivity index (χ2n) is 6.01. The molecule has 2 aromatic heterocycles. The average Bonchev–Trinajstić information content (AvgIpc) is 3.16. The molecule has 0 unspecified atom stereocenters. The quantitative estimate of drug-likeness (QED) is 0.787. The van der Waals surface area contributed by atoms with Crippen LogP contribution in [-0.2, 0) is 4.79 Å². The van der Waals surface area contributed by atoms with Crippen molar-refractivity contribution in [2.45, 2.75) is 18.5 Å². The van der Waals surface area contributed by atoms with Crippen LogP contribution in [-0.4, -0.2) is 57.8 Å². The first-order valence-corrected chi connectivity index (χ1v) is 8.12. The number of alkyl halides is 1. The van der Waals surface area contributed by atoms with Gasteiger partial charge in [0.2, 0.25) is 0 Å². The van der Waals surface area contributed by atoms with E-state index in [4.69, 9.17) is 16.1 Å². The maximum Gasteiger partial charge on any atom is 0.266 e. The van der Waals surface area contributed by atoms with Gasteiger partial charge in [-0.15, -0.1) is 0 Å². The zero-order valence-electron chi connectivity index (χ0n) is 12.8. The lowest BCUT2D eigenvalue weighted by Gasteiger charge is -2.34. The lowest BCUT2D eigenvalue weighted by molar-refractivity contribution is -0.138. The predicted octanol–water partition coefficient (Wildman–Crippen LogP) is 1.94. The van der Waals surface area contributed by atoms with Crippen LogP contribution in [0.2, 0.25) is 5.15 Å². The van der Waals surface area contributed by atoms with E-state index >= 15 is 0 Å². The highest BCUT2D eigenvalue weighted by Gasteiger charge is 2.53. The molecular weight excluding hydrogens is 337 g/mol. The van der Waals surface area contributed by atoms with Crippen LogP contribution < -0.4 is 4.90 Å². The highest BCUT2D eigenvalue weighted by Crippen LogP contribution is 2.41. The lowest BCUT2D eigenvalue weighted by atomic mass is 10.2. The lowest BCUT2D eigenvalue weighted by Crippen LogP contribution is -2.51. The summed E-state index contributed by atoms with van der Waals surface area (Å²) in [6.45, 7) is 1.99. The molecular formula is C15H15ClFN5O2. The number of amides is 1. The summed E-state index contributed by atoms with van der Waals surface area (Å²) in [4.78, 5) is 23.8. The van der Waals surface area contributed by atoms with Crippen LogP contribution in [0.1, 0.15) is 12.8 Å². The number of halogens is 2. The van der Waals surface area contributed by atoms with Crippen molar-refractivity contribution < 1.29 is 13.7 Å². The van der Waals surface area contributed by atoms with Crippen molar-refractivity contribution in [1.82, 2.24) is 20.0 Å². The van der Waals surface area contributed by atoms with Crippen molar-refractivity contribution >= 4 is 23.5 Å². The van der Waals surface area contributed by atoms with Crippen LogP contribution in [0.5, 0.6) is 0 Å². The zero-order chi connectivity index (χ0) is 16.7. The molecule has 2 aliphatic rings. The molecule has 1 aliphatic heterocycles. The van der Waals surface area contributed by atoms with Gasteiger partial charge >= 0.3 is 0 Å². The molecule has 0 radical (unpaired) electrons. The van der Waals surface area contributed by atoms with Crippen LogP contribution >= 0.6 is 11.6 Å². The van der Waals surface area contributed by atoms with Crippen molar-refractivity contribution in [3.63, 3.8) is 0 Å². The Morgan fingerprint density at radius 2 is 2.04 bits per heavy atom. The molecule has 1 saturated heterocycles. The van der Waals surface area contributed by atoms with Crippen LogP contribution in [0.25, 0.3) is 11.5 Å². The smallest absolute Gasteiger partial charge is 0.266 e. The molecule has 24 heavy (non-hydrogen) atoms. The van der Waals surface area contributed by atoms with Crippen LogP contribution in [0, 0.1) is 0 Å². The number of carbonyl (C=O) groups excluding carboxylic acids is 1. The van der Waals surface area contributed by atoms with E-state index in [0.717, 1.165) is 0 Å². The van der Waals surface area contributed by atoms with Crippen molar-refractivity contribution in [2.75, 3.05) is 31.1 Å². The van der Waals surface area contributed by atoms with Gasteiger partial charge in [0.25, 0.3) is 17.7 Å². The van der Waals surface area contributed by atoms with E-state index in [0.29, 0.717) is 61.6 Å². The van der Waals surface area contributed by atoms with E-state index < -0.39 is 5.67 Å². The normalized spacial score (nSPS) is 19.4. The molecule has 1 saturated carbocycles. The number of piperazine rings is 1. The molecule has 0 bridgehead atoms. The van der Waals surface area contributed by atoms with Crippen molar-refractivity contribution in [2.24, 2.45) is 0 Å². The number of anilines is 1. The number of hydrogen-bond donors (Lipinski definition) is 0. The second-order valence-corrected chi connectivity index (χ2v) is 6.40. The summed E-state index contributed by atoms with van der Waals surface area (Å²) >= 11 is 5.86. The largest absolute Gasteiger partial charge is 0.336 e. The fourth-order valence-corrected chi connectivity index (χ4v) is 2.89. The van der Waals surface area contributed by atoms with Gasteiger partial charge in [0.05, 0.1) is 0 Å². The van der Waals surface area contributed by atoms with E-state index in [1.807, 2.05) is 4.90 Å². The molecule has 3 heterocycles. The second kappa shape index (κ2) is 5.70. The van der Waals surface area contributed by atoms with E-state index in [1.165, 1.54) is 0 Å². The molecule has 0 aromatic carbocycles. The first kappa shape index (κ1) is 15.3. The summed E-state index contributed by atoms with van der Waals surface area (Å²) in [5, 5.41) is 4.32. The van der Waals surface area contributed by atoms with Crippen LogP contribution in [0.4, 0.5) is 10.3 Å². The Labute approximate surface area is 142 Å². The fraction of sp³-hybridized carbons (Fsp3) is 0.467. The standard InChI is InChI=1S/C15H15ClFN5O2/c16-11-9-10(1-4-18-11)12-19-14(20-24-12)22-7-5-21(6-8-22)13(23)15(17)2-3-15/h1,4,9H,2-3,5-8H2. The SMILES string of the molecule is O=C(N1CCN(c2noc(-c3ccnc(Cl)c3)n2)CC1)C1(F)CC1. The minimum Gasteiger partial charge on any atom is -0.336 e. The van der Waals surface area contributed by atoms with Gasteiger partial charge in [0.1, 0.15) is 5.15 Å². The topological polar surface area (TPSA) is 75.4 Å². The number of pyridine rings is 1. The van der Waals surface area contributed by atoms with Gasteiger partial charge in [-0.05, 0) is 30.1 Å². The highest BCUT2D eigenvalue weighted by molar-refractivity contribution is 6.29. The third kappa shape index (κ3) is 2.82. The molecule has 7 nitrogen and oxygen atoms in total. The number of hydrogen-bond acceptors (Lipinski definition) is 6. The van der Waals surface area contributed by atoms with E-state index in [2.05, 4.69) is 15.1 Å². The van der Waals surface area contributed by atoms with Gasteiger partial charge in [-0.25, -0.2) is 9.37 Å². The summed E-state index contributed by atoms with van der Waals surface area (Å²) in [6.07, 6.45) is 2.25. The molecule has 1 aliphatic carbocycles. The molecule has 2 aromatic rings. The van der Waals surface area contributed by atoms with Gasteiger partial charge in [-0.1, -0.05) is 11.6 Å². The van der Waals surface area contributed by atoms with Gasteiger partial charge < -0.3 is 14.3 Å². The van der Waals surface area contributed by atoms with E-state index in [1.54, 1.807) is 23.2 Å². The third-order valence-corrected chi connectivity index (χ3v) is 4.52. The molecule has 2 fully saturated rings. The molecule has 0 spiro atoms. The van der Waals surface area contributed by atoms with Gasteiger partial charge in [-0.2, -0.15) is 4.98 Å². The fourth-order valence-electron chi connectivity index (χ4n) is 2.71.